The molecule has 0 aliphatic rings. The Balaban J connectivity index is 2.01. The molecule has 2 aromatic rings. The first-order valence-electron chi connectivity index (χ1n) is 7.98. The van der Waals surface area contributed by atoms with Crippen LogP contribution in [0.25, 0.3) is 10.7 Å². The summed E-state index contributed by atoms with van der Waals surface area (Å²) in [7, 11) is 1.32. The second-order valence-electron chi connectivity index (χ2n) is 6.00. The van der Waals surface area contributed by atoms with Gasteiger partial charge in [0.25, 0.3) is 0 Å². The maximum Gasteiger partial charge on any atom is 0.328 e. The Bertz CT molecular complexity index is 765. The number of H-pyrrole nitrogens is 1. The monoisotopic (exact) mass is 382 g/mol. The molecule has 2 rings (SSSR count). The summed E-state index contributed by atoms with van der Waals surface area (Å²) in [6.45, 7) is 4.35. The molecule has 7 nitrogen and oxygen atoms in total. The summed E-state index contributed by atoms with van der Waals surface area (Å²) in [6.07, 6.45) is 0.724. The number of carbonyl (C=O) groups excluding carboxylic acids is 2. The van der Waals surface area contributed by atoms with Crippen molar-refractivity contribution in [2.75, 3.05) is 7.11 Å². The average Bonchev–Trinajstić information content (AvgIpc) is 3.20. The predicted molar refractivity (Wildman–Crippen MR) is 98.7 cm³/mol. The SMILES string of the molecule is COC(=O)C(CC(C)C)NC(=O)CCn1c(-c2cccs2)n[nH]c1=S. The van der Waals surface area contributed by atoms with Gasteiger partial charge >= 0.3 is 5.97 Å². The van der Waals surface area contributed by atoms with Gasteiger partial charge in [-0.15, -0.1) is 11.3 Å². The number of hydrogen-bond acceptors (Lipinski definition) is 6. The number of ether oxygens (including phenoxy) is 1. The van der Waals surface area contributed by atoms with E-state index in [1.165, 1.54) is 7.11 Å². The molecule has 0 spiro atoms. The number of aromatic nitrogens is 3. The number of esters is 1. The van der Waals surface area contributed by atoms with E-state index < -0.39 is 12.0 Å². The van der Waals surface area contributed by atoms with E-state index in [9.17, 15) is 9.59 Å². The molecular formula is C16H22N4O3S2. The molecule has 1 amide bonds. The molecule has 2 heterocycles. The number of methoxy groups -OCH3 is 1. The van der Waals surface area contributed by atoms with Crippen molar-refractivity contribution in [3.8, 4) is 10.7 Å². The highest BCUT2D eigenvalue weighted by Crippen LogP contribution is 2.22. The molecule has 9 heteroatoms. The summed E-state index contributed by atoms with van der Waals surface area (Å²) in [5.74, 6) is 0.314. The second-order valence-corrected chi connectivity index (χ2v) is 7.34. The van der Waals surface area contributed by atoms with Gasteiger partial charge < -0.3 is 10.1 Å². The molecule has 136 valence electrons. The maximum absolute atomic E-state index is 12.3. The quantitative estimate of drug-likeness (QED) is 0.541. The van der Waals surface area contributed by atoms with Gasteiger partial charge in [0.15, 0.2) is 10.6 Å². The third-order valence-corrected chi connectivity index (χ3v) is 4.77. The summed E-state index contributed by atoms with van der Waals surface area (Å²) in [5.41, 5.74) is 0. The standard InChI is InChI=1S/C16H22N4O3S2/c1-10(2)9-11(15(22)23-3)17-13(21)6-7-20-14(18-19-16(20)24)12-5-4-8-25-12/h4-5,8,10-11H,6-7,9H2,1-3H3,(H,17,21)(H,19,24). The van der Waals surface area contributed by atoms with Crippen LogP contribution in [0.15, 0.2) is 17.5 Å². The van der Waals surface area contributed by atoms with Crippen LogP contribution < -0.4 is 5.32 Å². The largest absolute Gasteiger partial charge is 0.467 e. The number of nitrogens with zero attached hydrogens (tertiary/aromatic N) is 2. The number of carbonyl (C=O) groups is 2. The first-order valence-corrected chi connectivity index (χ1v) is 9.27. The van der Waals surface area contributed by atoms with E-state index in [2.05, 4.69) is 15.5 Å². The Kier molecular flexibility index (Phi) is 6.89. The minimum atomic E-state index is -0.633. The molecule has 25 heavy (non-hydrogen) atoms. The van der Waals surface area contributed by atoms with Crippen molar-refractivity contribution in [1.82, 2.24) is 20.1 Å². The van der Waals surface area contributed by atoms with Crippen LogP contribution in [-0.2, 0) is 20.9 Å². The van der Waals surface area contributed by atoms with Crippen LogP contribution in [-0.4, -0.2) is 39.8 Å². The topological polar surface area (TPSA) is 89.0 Å². The number of aromatic amines is 1. The van der Waals surface area contributed by atoms with Gasteiger partial charge in [0.2, 0.25) is 5.91 Å². The van der Waals surface area contributed by atoms with Gasteiger partial charge in [-0.25, -0.2) is 4.79 Å². The molecule has 0 radical (unpaired) electrons. The highest BCUT2D eigenvalue weighted by molar-refractivity contribution is 7.71. The molecule has 2 aromatic heterocycles. The molecule has 0 aromatic carbocycles. The molecular weight excluding hydrogens is 360 g/mol. The second kappa shape index (κ2) is 8.91. The highest BCUT2D eigenvalue weighted by Gasteiger charge is 2.22. The Morgan fingerprint density at radius 2 is 2.24 bits per heavy atom. The smallest absolute Gasteiger partial charge is 0.328 e. The van der Waals surface area contributed by atoms with E-state index in [0.29, 0.717) is 23.6 Å². The minimum Gasteiger partial charge on any atom is -0.467 e. The summed E-state index contributed by atoms with van der Waals surface area (Å²) in [4.78, 5) is 25.0. The zero-order valence-corrected chi connectivity index (χ0v) is 16.1. The summed E-state index contributed by atoms with van der Waals surface area (Å²) >= 11 is 6.80. The Hall–Kier alpha value is -2.00. The fourth-order valence-corrected chi connectivity index (χ4v) is 3.37. The molecule has 0 saturated heterocycles. The minimum absolute atomic E-state index is 0.192. The zero-order valence-electron chi connectivity index (χ0n) is 14.4. The van der Waals surface area contributed by atoms with Gasteiger partial charge in [0.1, 0.15) is 6.04 Å². The van der Waals surface area contributed by atoms with Gasteiger partial charge in [0, 0.05) is 13.0 Å². The number of amides is 1. The van der Waals surface area contributed by atoms with Crippen molar-refractivity contribution < 1.29 is 14.3 Å². The predicted octanol–water partition coefficient (Wildman–Crippen LogP) is 2.76. The van der Waals surface area contributed by atoms with Crippen LogP contribution in [0.3, 0.4) is 0 Å². The molecule has 0 aliphatic heterocycles. The lowest BCUT2D eigenvalue weighted by atomic mass is 10.0. The molecule has 0 saturated carbocycles. The molecule has 2 N–H and O–H groups in total. The van der Waals surface area contributed by atoms with E-state index in [-0.39, 0.29) is 18.2 Å². The fraction of sp³-hybridized carbons (Fsp3) is 0.500. The van der Waals surface area contributed by atoms with Crippen LogP contribution in [0.4, 0.5) is 0 Å². The molecule has 0 aliphatic carbocycles. The third kappa shape index (κ3) is 5.23. The van der Waals surface area contributed by atoms with Gasteiger partial charge in [-0.1, -0.05) is 19.9 Å². The van der Waals surface area contributed by atoms with Gasteiger partial charge in [0.05, 0.1) is 12.0 Å². The van der Waals surface area contributed by atoms with Gasteiger partial charge in [-0.3, -0.25) is 14.5 Å². The molecule has 1 unspecified atom stereocenters. The van der Waals surface area contributed by atoms with Crippen LogP contribution in [0.1, 0.15) is 26.7 Å². The summed E-state index contributed by atoms with van der Waals surface area (Å²) < 4.78 is 7.01. The molecule has 0 bridgehead atoms. The molecule has 0 fully saturated rings. The van der Waals surface area contributed by atoms with E-state index in [1.807, 2.05) is 31.4 Å². The van der Waals surface area contributed by atoms with E-state index in [0.717, 1.165) is 4.88 Å². The first kappa shape index (κ1) is 19.3. The Morgan fingerprint density at radius 1 is 1.48 bits per heavy atom. The van der Waals surface area contributed by atoms with E-state index in [4.69, 9.17) is 17.0 Å². The zero-order chi connectivity index (χ0) is 18.4. The Labute approximate surface area is 155 Å². The van der Waals surface area contributed by atoms with Crippen molar-refractivity contribution in [2.45, 2.75) is 39.3 Å². The highest BCUT2D eigenvalue weighted by atomic mass is 32.1. The summed E-state index contributed by atoms with van der Waals surface area (Å²) in [6, 6.07) is 3.25. The normalized spacial score (nSPS) is 12.2. The van der Waals surface area contributed by atoms with Crippen molar-refractivity contribution in [2.24, 2.45) is 5.92 Å². The number of thiophene rings is 1. The van der Waals surface area contributed by atoms with Gasteiger partial charge in [-0.05, 0) is 36.0 Å². The van der Waals surface area contributed by atoms with Crippen LogP contribution >= 0.6 is 23.6 Å². The number of rotatable bonds is 8. The fourth-order valence-electron chi connectivity index (χ4n) is 2.43. The first-order chi connectivity index (χ1) is 11.9. The Morgan fingerprint density at radius 3 is 2.84 bits per heavy atom. The third-order valence-electron chi connectivity index (χ3n) is 3.59. The number of nitrogens with one attached hydrogen (secondary N) is 2. The van der Waals surface area contributed by atoms with Gasteiger partial charge in [-0.2, -0.15) is 5.10 Å². The van der Waals surface area contributed by atoms with Crippen LogP contribution in [0.2, 0.25) is 0 Å². The lowest BCUT2D eigenvalue weighted by Gasteiger charge is -2.18. The van der Waals surface area contributed by atoms with Crippen molar-refractivity contribution in [3.63, 3.8) is 0 Å². The van der Waals surface area contributed by atoms with Crippen LogP contribution in [0.5, 0.6) is 0 Å². The number of hydrogen-bond donors (Lipinski definition) is 2. The van der Waals surface area contributed by atoms with Crippen molar-refractivity contribution in [3.05, 3.63) is 22.3 Å². The van der Waals surface area contributed by atoms with Crippen molar-refractivity contribution >= 4 is 35.4 Å². The maximum atomic E-state index is 12.3. The average molecular weight is 383 g/mol. The lowest BCUT2D eigenvalue weighted by molar-refractivity contribution is -0.145. The van der Waals surface area contributed by atoms with E-state index >= 15 is 0 Å². The summed E-state index contributed by atoms with van der Waals surface area (Å²) in [5, 5.41) is 11.7. The van der Waals surface area contributed by atoms with Crippen molar-refractivity contribution in [1.29, 1.82) is 0 Å². The molecule has 1 atom stereocenters. The van der Waals surface area contributed by atoms with E-state index in [1.54, 1.807) is 15.9 Å². The lowest BCUT2D eigenvalue weighted by Crippen LogP contribution is -2.42. The van der Waals surface area contributed by atoms with Crippen LogP contribution in [0, 0.1) is 10.7 Å².